The molecule has 2 heterocycles. The molecule has 9 nitrogen and oxygen atoms in total. The van der Waals surface area contributed by atoms with Gasteiger partial charge < -0.3 is 5.11 Å². The summed E-state index contributed by atoms with van der Waals surface area (Å²) in [6.07, 6.45) is 2.97. The van der Waals surface area contributed by atoms with E-state index in [2.05, 4.69) is 0 Å². The summed E-state index contributed by atoms with van der Waals surface area (Å²) in [4.78, 5) is 11.6. The monoisotopic (exact) mass is 493 g/mol. The lowest BCUT2D eigenvalue weighted by atomic mass is 9.62. The molecule has 5 aliphatic rings. The molecule has 12 heteroatoms. The van der Waals surface area contributed by atoms with Crippen molar-refractivity contribution in [3.63, 3.8) is 0 Å². The second-order valence-corrected chi connectivity index (χ2v) is 14.2. The van der Waals surface area contributed by atoms with E-state index in [0.29, 0.717) is 25.9 Å². The number of aliphatic hydroxyl groups excluding tert-OH is 1. The molecule has 1 amide bonds. The number of sulfonamides is 1. The van der Waals surface area contributed by atoms with Gasteiger partial charge >= 0.3 is 10.2 Å². The Bertz CT molecular complexity index is 972. The van der Waals surface area contributed by atoms with Crippen molar-refractivity contribution in [2.24, 2.45) is 23.7 Å². The Morgan fingerprint density at radius 2 is 1.75 bits per heavy atom. The van der Waals surface area contributed by atoms with Crippen molar-refractivity contribution >= 4 is 26.1 Å². The molecule has 7 unspecified atom stereocenters. The van der Waals surface area contributed by atoms with Crippen LogP contribution in [-0.2, 0) is 25.0 Å². The summed E-state index contributed by atoms with van der Waals surface area (Å²) < 4.78 is 70.0. The standard InChI is InChI=1S/C20H32FN3O6S2/c21-19-16-8-12(14-2-1-7-23(10-14)31(27,28)15-5-6-15)3-4-13(16)9-17(25)20(19)24-11-18(26)22-32(24,29)30/h12-17,19-20,25H,1-11H2,(H,22,26). The molecular weight excluding hydrogens is 461 g/mol. The zero-order chi connectivity index (χ0) is 22.8. The summed E-state index contributed by atoms with van der Waals surface area (Å²) in [7, 11) is -7.36. The van der Waals surface area contributed by atoms with Gasteiger partial charge in [0.2, 0.25) is 15.9 Å². The highest BCUT2D eigenvalue weighted by atomic mass is 32.2. The van der Waals surface area contributed by atoms with Gasteiger partial charge in [-0.15, -0.1) is 0 Å². The Labute approximate surface area is 188 Å². The van der Waals surface area contributed by atoms with Crippen molar-refractivity contribution in [2.75, 3.05) is 19.6 Å². The molecule has 3 saturated carbocycles. The molecule has 0 bridgehead atoms. The number of carbonyl (C=O) groups excluding carboxylic acids is 1. The number of nitrogens with one attached hydrogen (secondary N) is 1. The van der Waals surface area contributed by atoms with Gasteiger partial charge in [-0.2, -0.15) is 12.7 Å². The Balaban J connectivity index is 1.30. The molecule has 5 rings (SSSR count). The van der Waals surface area contributed by atoms with Gasteiger partial charge in [-0.05, 0) is 75.0 Å². The average Bonchev–Trinajstić information content (AvgIpc) is 3.55. The third-order valence-electron chi connectivity index (χ3n) is 8.34. The molecule has 3 aliphatic carbocycles. The largest absolute Gasteiger partial charge is 0.391 e. The zero-order valence-electron chi connectivity index (χ0n) is 18.0. The van der Waals surface area contributed by atoms with Crippen molar-refractivity contribution in [3.05, 3.63) is 0 Å². The molecule has 2 aliphatic heterocycles. The number of piperidine rings is 1. The summed E-state index contributed by atoms with van der Waals surface area (Å²) in [6.45, 7) is 0.576. The predicted molar refractivity (Wildman–Crippen MR) is 114 cm³/mol. The fourth-order valence-electron chi connectivity index (χ4n) is 6.57. The lowest BCUT2D eigenvalue weighted by Crippen LogP contribution is -2.59. The number of fused-ring (bicyclic) bond motifs is 1. The number of rotatable bonds is 4. The second kappa shape index (κ2) is 8.14. The van der Waals surface area contributed by atoms with E-state index in [0.717, 1.165) is 42.8 Å². The van der Waals surface area contributed by atoms with Crippen LogP contribution in [0.5, 0.6) is 0 Å². The van der Waals surface area contributed by atoms with E-state index in [1.807, 2.05) is 4.72 Å². The first-order chi connectivity index (χ1) is 15.1. The summed E-state index contributed by atoms with van der Waals surface area (Å²) in [5.41, 5.74) is 0. The number of carbonyl (C=O) groups is 1. The van der Waals surface area contributed by atoms with Crippen molar-refractivity contribution in [3.8, 4) is 0 Å². The number of nitrogens with zero attached hydrogens (tertiary/aromatic N) is 2. The molecule has 2 N–H and O–H groups in total. The number of aliphatic hydroxyl groups is 1. The van der Waals surface area contributed by atoms with Crippen LogP contribution in [0, 0.1) is 23.7 Å². The van der Waals surface area contributed by atoms with Crippen molar-refractivity contribution < 1.29 is 31.1 Å². The molecule has 0 spiro atoms. The van der Waals surface area contributed by atoms with Crippen LogP contribution >= 0.6 is 0 Å². The fourth-order valence-corrected chi connectivity index (χ4v) is 9.84. The number of halogens is 1. The van der Waals surface area contributed by atoms with Gasteiger partial charge in [-0.25, -0.2) is 21.8 Å². The smallest absolute Gasteiger partial charge is 0.304 e. The van der Waals surface area contributed by atoms with E-state index >= 15 is 4.39 Å². The molecular formula is C20H32FN3O6S2. The maximum Gasteiger partial charge on any atom is 0.304 e. The molecule has 32 heavy (non-hydrogen) atoms. The van der Waals surface area contributed by atoms with E-state index < -0.39 is 56.9 Å². The minimum absolute atomic E-state index is 0.0311. The van der Waals surface area contributed by atoms with Gasteiger partial charge in [0.05, 0.1) is 23.9 Å². The Morgan fingerprint density at radius 1 is 1.03 bits per heavy atom. The number of amides is 1. The highest BCUT2D eigenvalue weighted by Crippen LogP contribution is 2.49. The summed E-state index contributed by atoms with van der Waals surface area (Å²) in [5.74, 6) is -0.793. The van der Waals surface area contributed by atoms with Crippen molar-refractivity contribution in [1.82, 2.24) is 13.3 Å². The Kier molecular flexibility index (Phi) is 5.84. The first-order valence-corrected chi connectivity index (χ1v) is 14.7. The highest BCUT2D eigenvalue weighted by Gasteiger charge is 2.54. The van der Waals surface area contributed by atoms with Crippen LogP contribution in [0.15, 0.2) is 0 Å². The Hall–Kier alpha value is -0.820. The maximum atomic E-state index is 15.8. The second-order valence-electron chi connectivity index (χ2n) is 10.3. The van der Waals surface area contributed by atoms with E-state index in [1.165, 1.54) is 0 Å². The van der Waals surface area contributed by atoms with E-state index in [1.54, 1.807) is 4.31 Å². The summed E-state index contributed by atoms with van der Waals surface area (Å²) >= 11 is 0. The first-order valence-electron chi connectivity index (χ1n) is 11.7. The van der Waals surface area contributed by atoms with Crippen LogP contribution in [0.25, 0.3) is 0 Å². The topological polar surface area (TPSA) is 124 Å². The van der Waals surface area contributed by atoms with Crippen LogP contribution in [0.4, 0.5) is 4.39 Å². The predicted octanol–water partition coefficient (Wildman–Crippen LogP) is 0.371. The summed E-state index contributed by atoms with van der Waals surface area (Å²) in [6, 6.07) is -1.27. The molecule has 0 aromatic heterocycles. The van der Waals surface area contributed by atoms with E-state index in [9.17, 15) is 26.7 Å². The van der Waals surface area contributed by atoms with Gasteiger partial charge in [-0.1, -0.05) is 0 Å². The van der Waals surface area contributed by atoms with Crippen LogP contribution < -0.4 is 4.72 Å². The molecule has 5 fully saturated rings. The third kappa shape index (κ3) is 3.99. The van der Waals surface area contributed by atoms with Crippen LogP contribution in [0.3, 0.4) is 0 Å². The van der Waals surface area contributed by atoms with E-state index in [4.69, 9.17) is 0 Å². The minimum Gasteiger partial charge on any atom is -0.391 e. The third-order valence-corrected chi connectivity index (χ3v) is 12.2. The number of alkyl halides is 1. The molecule has 0 radical (unpaired) electrons. The average molecular weight is 494 g/mol. The van der Waals surface area contributed by atoms with Crippen molar-refractivity contribution in [1.29, 1.82) is 0 Å². The first kappa shape index (κ1) is 22.9. The zero-order valence-corrected chi connectivity index (χ0v) is 19.6. The van der Waals surface area contributed by atoms with Gasteiger partial charge in [0.1, 0.15) is 6.17 Å². The molecule has 0 aromatic carbocycles. The normalized spacial score (nSPS) is 43.6. The SMILES string of the molecule is O=C1CN(C2C(O)CC3CCC(C4CCCN(S(=O)(=O)C5CC5)C4)CC3C2F)S(=O)(=O)N1. The fraction of sp³-hybridized carbons (Fsp3) is 0.950. The highest BCUT2D eigenvalue weighted by molar-refractivity contribution is 7.90. The minimum atomic E-state index is -4.14. The van der Waals surface area contributed by atoms with Gasteiger partial charge in [0.15, 0.2) is 0 Å². The summed E-state index contributed by atoms with van der Waals surface area (Å²) in [5, 5.41) is 10.4. The maximum absolute atomic E-state index is 15.8. The van der Waals surface area contributed by atoms with E-state index in [-0.39, 0.29) is 23.0 Å². The Morgan fingerprint density at radius 3 is 2.41 bits per heavy atom. The van der Waals surface area contributed by atoms with Crippen LogP contribution in [-0.4, -0.2) is 79.7 Å². The number of hydrogen-bond donors (Lipinski definition) is 2. The van der Waals surface area contributed by atoms with Crippen LogP contribution in [0.1, 0.15) is 51.4 Å². The lowest BCUT2D eigenvalue weighted by Gasteiger charge is -2.49. The van der Waals surface area contributed by atoms with Crippen LogP contribution in [0.2, 0.25) is 0 Å². The quantitative estimate of drug-likeness (QED) is 0.583. The number of hydrogen-bond acceptors (Lipinski definition) is 6. The van der Waals surface area contributed by atoms with Crippen molar-refractivity contribution in [2.45, 2.75) is 74.9 Å². The van der Waals surface area contributed by atoms with Gasteiger partial charge in [0, 0.05) is 13.1 Å². The van der Waals surface area contributed by atoms with Gasteiger partial charge in [0.25, 0.3) is 0 Å². The molecule has 0 aromatic rings. The molecule has 182 valence electrons. The molecule has 2 saturated heterocycles. The molecule has 7 atom stereocenters. The van der Waals surface area contributed by atoms with Gasteiger partial charge in [-0.3, -0.25) is 4.79 Å². The lowest BCUT2D eigenvalue weighted by molar-refractivity contribution is -0.120.